The van der Waals surface area contributed by atoms with Gasteiger partial charge in [0.05, 0.1) is 28.8 Å². The fourth-order valence-corrected chi connectivity index (χ4v) is 2.39. The Bertz CT molecular complexity index is 397. The lowest BCUT2D eigenvalue weighted by atomic mass is 10.2. The standard InChI is InChI=1S/C9H13N3O2S/c1-13-5-2-4(10)8-9(7(5)12)15-6(11)3-14-8/h2,6H,3,10-12H2,1H3. The monoisotopic (exact) mass is 227 g/mol. The average Bonchev–Trinajstić information content (AvgIpc) is 2.23. The highest BCUT2D eigenvalue weighted by Crippen LogP contribution is 2.47. The summed E-state index contributed by atoms with van der Waals surface area (Å²) in [7, 11) is 1.55. The molecule has 6 N–H and O–H groups in total. The first-order valence-electron chi connectivity index (χ1n) is 4.44. The van der Waals surface area contributed by atoms with Crippen LogP contribution < -0.4 is 26.7 Å². The number of rotatable bonds is 1. The minimum absolute atomic E-state index is 0.119. The Morgan fingerprint density at radius 2 is 2.27 bits per heavy atom. The van der Waals surface area contributed by atoms with Gasteiger partial charge in [0.2, 0.25) is 0 Å². The van der Waals surface area contributed by atoms with Crippen LogP contribution in [0.1, 0.15) is 0 Å². The zero-order valence-corrected chi connectivity index (χ0v) is 9.14. The third kappa shape index (κ3) is 1.66. The quantitative estimate of drug-likeness (QED) is 0.609. The molecule has 82 valence electrons. The maximum atomic E-state index is 5.91. The largest absolute Gasteiger partial charge is 0.494 e. The number of thioether (sulfide) groups is 1. The topological polar surface area (TPSA) is 96.5 Å². The van der Waals surface area contributed by atoms with Crippen LogP contribution in [0, 0.1) is 0 Å². The number of ether oxygens (including phenoxy) is 2. The second kappa shape index (κ2) is 3.71. The van der Waals surface area contributed by atoms with Gasteiger partial charge in [-0.15, -0.1) is 0 Å². The van der Waals surface area contributed by atoms with Gasteiger partial charge in [-0.1, -0.05) is 11.8 Å². The van der Waals surface area contributed by atoms with E-state index < -0.39 is 0 Å². The Morgan fingerprint density at radius 1 is 1.53 bits per heavy atom. The van der Waals surface area contributed by atoms with E-state index in [1.54, 1.807) is 13.2 Å². The molecule has 1 unspecified atom stereocenters. The first kappa shape index (κ1) is 10.3. The Labute approximate surface area is 91.9 Å². The smallest absolute Gasteiger partial charge is 0.158 e. The van der Waals surface area contributed by atoms with E-state index in [9.17, 15) is 0 Å². The van der Waals surface area contributed by atoms with Crippen molar-refractivity contribution in [2.45, 2.75) is 10.3 Å². The average molecular weight is 227 g/mol. The molecule has 1 aliphatic heterocycles. The number of fused-ring (bicyclic) bond motifs is 1. The van der Waals surface area contributed by atoms with Crippen molar-refractivity contribution in [1.29, 1.82) is 0 Å². The summed E-state index contributed by atoms with van der Waals surface area (Å²) in [6.45, 7) is 0.438. The number of nitrogen functional groups attached to an aromatic ring is 2. The lowest BCUT2D eigenvalue weighted by Gasteiger charge is -2.25. The van der Waals surface area contributed by atoms with Crippen LogP contribution in [0.25, 0.3) is 0 Å². The van der Waals surface area contributed by atoms with Crippen LogP contribution in [-0.2, 0) is 0 Å². The number of anilines is 2. The molecule has 5 nitrogen and oxygen atoms in total. The zero-order valence-electron chi connectivity index (χ0n) is 8.32. The number of hydrogen-bond donors (Lipinski definition) is 3. The predicted octanol–water partition coefficient (Wildman–Crippen LogP) is 0.629. The van der Waals surface area contributed by atoms with Gasteiger partial charge in [-0.3, -0.25) is 0 Å². The van der Waals surface area contributed by atoms with Crippen LogP contribution in [0.5, 0.6) is 11.5 Å². The molecule has 0 spiro atoms. The van der Waals surface area contributed by atoms with Crippen molar-refractivity contribution in [3.63, 3.8) is 0 Å². The highest BCUT2D eigenvalue weighted by molar-refractivity contribution is 8.00. The van der Waals surface area contributed by atoms with Crippen LogP contribution in [0.2, 0.25) is 0 Å². The SMILES string of the molecule is COc1cc(N)c2c(c1N)SC(N)CO2. The first-order chi connectivity index (χ1) is 7.13. The molecule has 0 aromatic heterocycles. The van der Waals surface area contributed by atoms with Crippen LogP contribution in [0.3, 0.4) is 0 Å². The van der Waals surface area contributed by atoms with Gasteiger partial charge in [-0.05, 0) is 0 Å². The first-order valence-corrected chi connectivity index (χ1v) is 5.32. The summed E-state index contributed by atoms with van der Waals surface area (Å²) in [6, 6.07) is 1.66. The van der Waals surface area contributed by atoms with Gasteiger partial charge < -0.3 is 26.7 Å². The second-order valence-electron chi connectivity index (χ2n) is 3.21. The fraction of sp³-hybridized carbons (Fsp3) is 0.333. The second-order valence-corrected chi connectivity index (χ2v) is 4.46. The molecule has 0 saturated carbocycles. The highest BCUT2D eigenvalue weighted by atomic mass is 32.2. The summed E-state index contributed by atoms with van der Waals surface area (Å²) >= 11 is 1.45. The third-order valence-electron chi connectivity index (χ3n) is 2.15. The maximum Gasteiger partial charge on any atom is 0.158 e. The Balaban J connectivity index is 2.55. The van der Waals surface area contributed by atoms with E-state index in [0.717, 1.165) is 4.90 Å². The van der Waals surface area contributed by atoms with Crippen molar-refractivity contribution in [3.8, 4) is 11.5 Å². The summed E-state index contributed by atoms with van der Waals surface area (Å²) in [5.41, 5.74) is 18.5. The van der Waals surface area contributed by atoms with Crippen molar-refractivity contribution < 1.29 is 9.47 Å². The summed E-state index contributed by atoms with van der Waals surface area (Å²) in [5, 5.41) is -0.119. The van der Waals surface area contributed by atoms with Crippen molar-refractivity contribution >= 4 is 23.1 Å². The summed E-state index contributed by atoms with van der Waals surface area (Å²) in [5.74, 6) is 1.16. The predicted molar refractivity (Wildman–Crippen MR) is 61.1 cm³/mol. The molecule has 1 atom stereocenters. The lowest BCUT2D eigenvalue weighted by molar-refractivity contribution is 0.305. The molecule has 0 fully saturated rings. The summed E-state index contributed by atoms with van der Waals surface area (Å²) in [6.07, 6.45) is 0. The fourth-order valence-electron chi connectivity index (χ4n) is 1.44. The van der Waals surface area contributed by atoms with Gasteiger partial charge in [0.25, 0.3) is 0 Å². The highest BCUT2D eigenvalue weighted by Gasteiger charge is 2.24. The Kier molecular flexibility index (Phi) is 2.54. The van der Waals surface area contributed by atoms with Crippen molar-refractivity contribution in [2.75, 3.05) is 25.2 Å². The number of nitrogens with two attached hydrogens (primary N) is 3. The number of methoxy groups -OCH3 is 1. The van der Waals surface area contributed by atoms with E-state index in [1.807, 2.05) is 0 Å². The van der Waals surface area contributed by atoms with Gasteiger partial charge in [0, 0.05) is 6.07 Å². The molecule has 15 heavy (non-hydrogen) atoms. The molecule has 1 aromatic rings. The van der Waals surface area contributed by atoms with E-state index in [-0.39, 0.29) is 5.37 Å². The van der Waals surface area contributed by atoms with Crippen LogP contribution >= 0.6 is 11.8 Å². The Hall–Kier alpha value is -1.27. The van der Waals surface area contributed by atoms with Gasteiger partial charge in [0.1, 0.15) is 12.4 Å². The molecule has 0 amide bonds. The molecule has 1 heterocycles. The molecule has 2 rings (SSSR count). The van der Waals surface area contributed by atoms with E-state index >= 15 is 0 Å². The third-order valence-corrected chi connectivity index (χ3v) is 3.23. The van der Waals surface area contributed by atoms with Crippen molar-refractivity contribution in [2.24, 2.45) is 5.73 Å². The Morgan fingerprint density at radius 3 is 2.93 bits per heavy atom. The van der Waals surface area contributed by atoms with Crippen molar-refractivity contribution in [3.05, 3.63) is 6.07 Å². The molecule has 0 bridgehead atoms. The zero-order chi connectivity index (χ0) is 11.0. The minimum atomic E-state index is -0.119. The van der Waals surface area contributed by atoms with E-state index in [0.29, 0.717) is 29.5 Å². The van der Waals surface area contributed by atoms with Gasteiger partial charge >= 0.3 is 0 Å². The molecular formula is C9H13N3O2S. The molecule has 0 saturated heterocycles. The van der Waals surface area contributed by atoms with E-state index in [2.05, 4.69) is 0 Å². The van der Waals surface area contributed by atoms with Crippen LogP contribution in [0.4, 0.5) is 11.4 Å². The minimum Gasteiger partial charge on any atom is -0.494 e. The lowest BCUT2D eigenvalue weighted by Crippen LogP contribution is -2.28. The van der Waals surface area contributed by atoms with Crippen LogP contribution in [0.15, 0.2) is 11.0 Å². The normalized spacial score (nSPS) is 19.2. The summed E-state index contributed by atoms with van der Waals surface area (Å²) in [4.78, 5) is 0.769. The number of benzene rings is 1. The molecular weight excluding hydrogens is 214 g/mol. The van der Waals surface area contributed by atoms with E-state index in [4.69, 9.17) is 26.7 Å². The maximum absolute atomic E-state index is 5.91. The molecule has 0 radical (unpaired) electrons. The molecule has 1 aliphatic rings. The van der Waals surface area contributed by atoms with E-state index in [1.165, 1.54) is 11.8 Å². The van der Waals surface area contributed by atoms with Gasteiger partial charge in [0.15, 0.2) is 5.75 Å². The van der Waals surface area contributed by atoms with Gasteiger partial charge in [-0.2, -0.15) is 0 Å². The number of hydrogen-bond acceptors (Lipinski definition) is 6. The molecule has 0 aliphatic carbocycles. The van der Waals surface area contributed by atoms with Crippen LogP contribution in [-0.4, -0.2) is 19.1 Å². The van der Waals surface area contributed by atoms with Crippen molar-refractivity contribution in [1.82, 2.24) is 0 Å². The van der Waals surface area contributed by atoms with Gasteiger partial charge in [-0.25, -0.2) is 0 Å². The molecule has 6 heteroatoms. The molecule has 1 aromatic carbocycles. The summed E-state index contributed by atoms with van der Waals surface area (Å²) < 4.78 is 10.6.